The van der Waals surface area contributed by atoms with E-state index < -0.39 is 0 Å². The van der Waals surface area contributed by atoms with Crippen LogP contribution < -0.4 is 4.90 Å². The largest absolute Gasteiger partial charge is 0.310 e. The van der Waals surface area contributed by atoms with Gasteiger partial charge in [0.1, 0.15) is 0 Å². The Balaban J connectivity index is 1.04. The molecule has 1 nitrogen and oxygen atoms in total. The normalized spacial score (nSPS) is 24.4. The summed E-state index contributed by atoms with van der Waals surface area (Å²) in [5.74, 6) is 3.46. The lowest BCUT2D eigenvalue weighted by atomic mass is 9.59. The van der Waals surface area contributed by atoms with Crippen LogP contribution in [0.1, 0.15) is 36.8 Å². The van der Waals surface area contributed by atoms with E-state index in [1.54, 1.807) is 11.1 Å². The number of para-hydroxylation sites is 1. The highest BCUT2D eigenvalue weighted by Gasteiger charge is 2.65. The second-order valence-electron chi connectivity index (χ2n) is 14.9. The van der Waals surface area contributed by atoms with Crippen LogP contribution in [-0.2, 0) is 5.41 Å². The summed E-state index contributed by atoms with van der Waals surface area (Å²) >= 11 is 0. The Kier molecular flexibility index (Phi) is 5.56. The fourth-order valence-corrected chi connectivity index (χ4v) is 11.2. The third kappa shape index (κ3) is 3.57. The number of nitrogens with zero attached hydrogens (tertiary/aromatic N) is 1. The Labute approximate surface area is 282 Å². The van der Waals surface area contributed by atoms with Crippen LogP contribution in [0.25, 0.3) is 43.8 Å². The van der Waals surface area contributed by atoms with Gasteiger partial charge in [-0.1, -0.05) is 115 Å². The van der Waals surface area contributed by atoms with Crippen LogP contribution in [0.5, 0.6) is 0 Å². The van der Waals surface area contributed by atoms with Gasteiger partial charge >= 0.3 is 0 Å². The molecule has 0 radical (unpaired) electrons. The van der Waals surface area contributed by atoms with E-state index in [0.29, 0.717) is 0 Å². The second kappa shape index (κ2) is 9.94. The van der Waals surface area contributed by atoms with Gasteiger partial charge in [-0.15, -0.1) is 0 Å². The fraction of sp³-hybridized carbons (Fsp3) is 0.191. The summed E-state index contributed by atoms with van der Waals surface area (Å²) in [6.45, 7) is 0. The number of benzene rings is 7. The van der Waals surface area contributed by atoms with Crippen LogP contribution in [0.3, 0.4) is 0 Å². The van der Waals surface area contributed by atoms with Gasteiger partial charge < -0.3 is 4.90 Å². The summed E-state index contributed by atoms with van der Waals surface area (Å²) in [7, 11) is 0. The average Bonchev–Trinajstić information content (AvgIpc) is 3.69. The van der Waals surface area contributed by atoms with Gasteiger partial charge in [0, 0.05) is 22.2 Å². The van der Waals surface area contributed by atoms with Crippen molar-refractivity contribution in [2.75, 3.05) is 4.90 Å². The van der Waals surface area contributed by atoms with Crippen molar-refractivity contribution >= 4 is 38.6 Å². The van der Waals surface area contributed by atoms with Crippen molar-refractivity contribution in [1.82, 2.24) is 0 Å². The number of fused-ring (bicyclic) bond motifs is 6. The third-order valence-corrected chi connectivity index (χ3v) is 12.8. The van der Waals surface area contributed by atoms with Crippen molar-refractivity contribution in [1.29, 1.82) is 0 Å². The maximum absolute atomic E-state index is 2.60. The minimum absolute atomic E-state index is 0.209. The van der Waals surface area contributed by atoms with E-state index in [1.807, 2.05) is 0 Å². The molecule has 230 valence electrons. The summed E-state index contributed by atoms with van der Waals surface area (Å²) in [5, 5.41) is 5.09. The van der Waals surface area contributed by atoms with E-state index in [1.165, 1.54) is 80.9 Å². The van der Waals surface area contributed by atoms with Gasteiger partial charge in [-0.3, -0.25) is 0 Å². The van der Waals surface area contributed by atoms with Crippen LogP contribution in [0.4, 0.5) is 17.1 Å². The molecule has 5 atom stereocenters. The molecule has 0 aliphatic heterocycles. The number of rotatable bonds is 4. The highest BCUT2D eigenvalue weighted by molar-refractivity contribution is 6.14. The van der Waals surface area contributed by atoms with Crippen LogP contribution in [0.2, 0.25) is 0 Å². The smallest absolute Gasteiger partial charge is 0.0546 e. The van der Waals surface area contributed by atoms with Crippen molar-refractivity contribution in [3.63, 3.8) is 0 Å². The van der Waals surface area contributed by atoms with Crippen molar-refractivity contribution in [3.8, 4) is 22.3 Å². The van der Waals surface area contributed by atoms with E-state index in [2.05, 4.69) is 157 Å². The van der Waals surface area contributed by atoms with Crippen LogP contribution in [0, 0.1) is 23.7 Å². The van der Waals surface area contributed by atoms with Crippen molar-refractivity contribution in [2.45, 2.75) is 31.1 Å². The van der Waals surface area contributed by atoms with Gasteiger partial charge in [0.15, 0.2) is 0 Å². The van der Waals surface area contributed by atoms with Gasteiger partial charge in [0.25, 0.3) is 0 Å². The molecular formula is C47H37N. The lowest BCUT2D eigenvalue weighted by molar-refractivity contribution is 0.191. The number of hydrogen-bond acceptors (Lipinski definition) is 1. The molecule has 4 saturated carbocycles. The predicted octanol–water partition coefficient (Wildman–Crippen LogP) is 12.5. The SMILES string of the molecule is c1ccc(N(c2ccc(-c3ccc4c(c3)C3(c5ccccc5-4)C4CC5CC(C4)C3C5)cc2)c2cc3ccccc3c3ccccc23)cc1. The molecule has 0 heterocycles. The quantitative estimate of drug-likeness (QED) is 0.178. The van der Waals surface area contributed by atoms with E-state index in [-0.39, 0.29) is 5.41 Å². The zero-order valence-electron chi connectivity index (χ0n) is 27.0. The molecule has 1 heteroatoms. The van der Waals surface area contributed by atoms with Gasteiger partial charge in [0.2, 0.25) is 0 Å². The molecule has 7 aromatic carbocycles. The maximum Gasteiger partial charge on any atom is 0.0546 e. The predicted molar refractivity (Wildman–Crippen MR) is 200 cm³/mol. The van der Waals surface area contributed by atoms with Crippen LogP contribution >= 0.6 is 0 Å². The van der Waals surface area contributed by atoms with Crippen LogP contribution in [0.15, 0.2) is 152 Å². The first-order chi connectivity index (χ1) is 23.8. The minimum atomic E-state index is 0.209. The molecule has 0 amide bonds. The maximum atomic E-state index is 2.60. The highest BCUT2D eigenvalue weighted by atomic mass is 15.1. The lowest BCUT2D eigenvalue weighted by Crippen LogP contribution is -2.40. The van der Waals surface area contributed by atoms with E-state index in [4.69, 9.17) is 0 Å². The molecule has 4 fully saturated rings. The number of anilines is 3. The summed E-state index contributed by atoms with van der Waals surface area (Å²) in [4.78, 5) is 2.43. The summed E-state index contributed by atoms with van der Waals surface area (Å²) in [6.07, 6.45) is 5.73. The molecule has 5 aliphatic rings. The summed E-state index contributed by atoms with van der Waals surface area (Å²) < 4.78 is 0. The second-order valence-corrected chi connectivity index (χ2v) is 14.9. The summed E-state index contributed by atoms with van der Waals surface area (Å²) in [6, 6.07) is 56.9. The fourth-order valence-electron chi connectivity index (χ4n) is 11.2. The molecule has 1 spiro atoms. The van der Waals surface area contributed by atoms with Crippen molar-refractivity contribution in [3.05, 3.63) is 163 Å². The molecule has 7 aromatic rings. The monoisotopic (exact) mass is 615 g/mol. The molecule has 48 heavy (non-hydrogen) atoms. The molecule has 5 unspecified atom stereocenters. The molecule has 0 N–H and O–H groups in total. The average molecular weight is 616 g/mol. The Bertz CT molecular complexity index is 2380. The Morgan fingerprint density at radius 3 is 2.02 bits per heavy atom. The van der Waals surface area contributed by atoms with Crippen molar-refractivity contribution in [2.24, 2.45) is 23.7 Å². The standard InChI is InChI=1S/C47H37N/c1-2-11-36(12-3-1)48(46-29-33-10-4-5-13-38(33)39-14-6-7-16-42(39)46)37-21-18-31(19-22-37)32-20-23-41-40-15-8-9-17-43(40)47(45(41)28-32)35-25-30-24-34(27-35)44(47)26-30/h1-23,28-30,34-35,44H,24-27H2. The molecule has 5 aliphatic carbocycles. The van der Waals surface area contributed by atoms with Gasteiger partial charge in [0.05, 0.1) is 5.69 Å². The molecular weight excluding hydrogens is 579 g/mol. The lowest BCUT2D eigenvalue weighted by Gasteiger charge is -2.44. The Morgan fingerprint density at radius 2 is 1.17 bits per heavy atom. The van der Waals surface area contributed by atoms with E-state index >= 15 is 0 Å². The first-order valence-corrected chi connectivity index (χ1v) is 17.9. The Hall–Kier alpha value is -5.14. The van der Waals surface area contributed by atoms with Crippen molar-refractivity contribution < 1.29 is 0 Å². The molecule has 0 saturated heterocycles. The first-order valence-electron chi connectivity index (χ1n) is 17.9. The van der Waals surface area contributed by atoms with E-state index in [9.17, 15) is 0 Å². The topological polar surface area (TPSA) is 3.24 Å². The molecule has 12 rings (SSSR count). The summed E-state index contributed by atoms with van der Waals surface area (Å²) in [5.41, 5.74) is 12.6. The van der Waals surface area contributed by atoms with Gasteiger partial charge in [-0.05, 0) is 135 Å². The zero-order chi connectivity index (χ0) is 31.4. The Morgan fingerprint density at radius 1 is 0.479 bits per heavy atom. The highest BCUT2D eigenvalue weighted by Crippen LogP contribution is 2.73. The molecule has 4 bridgehead atoms. The van der Waals surface area contributed by atoms with Crippen LogP contribution in [-0.4, -0.2) is 0 Å². The first kappa shape index (κ1) is 26.9. The van der Waals surface area contributed by atoms with Gasteiger partial charge in [-0.25, -0.2) is 0 Å². The van der Waals surface area contributed by atoms with Gasteiger partial charge in [-0.2, -0.15) is 0 Å². The zero-order valence-corrected chi connectivity index (χ0v) is 27.0. The molecule has 0 aromatic heterocycles. The van der Waals surface area contributed by atoms with E-state index in [0.717, 1.165) is 29.4 Å². The number of hydrogen-bond donors (Lipinski definition) is 0. The third-order valence-electron chi connectivity index (χ3n) is 12.8. The minimum Gasteiger partial charge on any atom is -0.310 e.